The molecule has 0 radical (unpaired) electrons. The van der Waals surface area contributed by atoms with Crippen LogP contribution in [0.15, 0.2) is 53.5 Å². The van der Waals surface area contributed by atoms with Crippen molar-refractivity contribution in [3.63, 3.8) is 0 Å². The van der Waals surface area contributed by atoms with Crippen LogP contribution in [0.25, 0.3) is 11.1 Å². The van der Waals surface area contributed by atoms with Gasteiger partial charge in [-0.15, -0.1) is 0 Å². The topological polar surface area (TPSA) is 86.6 Å². The molecule has 0 aliphatic carbocycles. The monoisotopic (exact) mass is 478 g/mol. The average molecular weight is 479 g/mol. The van der Waals surface area contributed by atoms with Gasteiger partial charge < -0.3 is 14.0 Å². The largest absolute Gasteiger partial charge is 0.493 e. The molecule has 1 heterocycles. The zero-order chi connectivity index (χ0) is 24.2. The summed E-state index contributed by atoms with van der Waals surface area (Å²) in [5, 5.41) is 0. The number of nitrogens with zero attached hydrogens (tertiary/aromatic N) is 1. The molecule has 0 aliphatic heterocycles. The highest BCUT2D eigenvalue weighted by Crippen LogP contribution is 2.40. The third-order valence-corrected chi connectivity index (χ3v) is 6.11. The van der Waals surface area contributed by atoms with E-state index in [-0.39, 0.29) is 40.9 Å². The van der Waals surface area contributed by atoms with E-state index in [2.05, 4.69) is 4.72 Å². The number of benzene rings is 2. The fourth-order valence-electron chi connectivity index (χ4n) is 3.16. The van der Waals surface area contributed by atoms with Crippen molar-refractivity contribution < 1.29 is 26.7 Å². The Labute approximate surface area is 190 Å². The number of rotatable bonds is 9. The summed E-state index contributed by atoms with van der Waals surface area (Å²) in [6.07, 6.45) is 1.95. The minimum Gasteiger partial charge on any atom is -0.493 e. The van der Waals surface area contributed by atoms with Gasteiger partial charge in [0.25, 0.3) is 5.56 Å². The van der Waals surface area contributed by atoms with Crippen LogP contribution in [0.1, 0.15) is 20.3 Å². The van der Waals surface area contributed by atoms with Gasteiger partial charge in [-0.25, -0.2) is 17.2 Å². The predicted molar refractivity (Wildman–Crippen MR) is 122 cm³/mol. The normalized spacial score (nSPS) is 11.3. The number of ether oxygens (including phenoxy) is 2. The second-order valence-electron chi connectivity index (χ2n) is 7.24. The molecule has 2 aromatic carbocycles. The molecule has 10 heteroatoms. The number of aromatic nitrogens is 1. The maximum absolute atomic E-state index is 14.2. The van der Waals surface area contributed by atoms with Gasteiger partial charge in [-0.1, -0.05) is 6.92 Å². The Morgan fingerprint density at radius 2 is 1.70 bits per heavy atom. The first kappa shape index (κ1) is 24.2. The molecule has 0 spiro atoms. The number of hydrogen-bond donors (Lipinski definition) is 1. The Morgan fingerprint density at radius 1 is 0.970 bits per heavy atom. The zero-order valence-electron chi connectivity index (χ0n) is 18.4. The van der Waals surface area contributed by atoms with E-state index in [9.17, 15) is 22.0 Å². The van der Waals surface area contributed by atoms with E-state index in [1.807, 2.05) is 0 Å². The summed E-state index contributed by atoms with van der Waals surface area (Å²) in [6, 6.07) is 8.64. The van der Waals surface area contributed by atoms with Crippen LogP contribution in [-0.4, -0.2) is 25.3 Å². The van der Waals surface area contributed by atoms with E-state index in [4.69, 9.17) is 9.47 Å². The lowest BCUT2D eigenvalue weighted by molar-refractivity contribution is 0.340. The van der Waals surface area contributed by atoms with Crippen molar-refractivity contribution >= 4 is 15.7 Å². The lowest BCUT2D eigenvalue weighted by Gasteiger charge is -2.17. The van der Waals surface area contributed by atoms with Crippen molar-refractivity contribution in [3.8, 4) is 28.4 Å². The van der Waals surface area contributed by atoms with Crippen LogP contribution in [0.4, 0.5) is 14.5 Å². The van der Waals surface area contributed by atoms with Crippen LogP contribution >= 0.6 is 0 Å². The Kier molecular flexibility index (Phi) is 7.37. The van der Waals surface area contributed by atoms with E-state index >= 15 is 0 Å². The minimum absolute atomic E-state index is 0.0641. The van der Waals surface area contributed by atoms with Crippen LogP contribution in [0.3, 0.4) is 0 Å². The van der Waals surface area contributed by atoms with Gasteiger partial charge >= 0.3 is 0 Å². The van der Waals surface area contributed by atoms with Crippen LogP contribution in [0.5, 0.6) is 17.2 Å². The van der Waals surface area contributed by atoms with Crippen molar-refractivity contribution in [2.24, 2.45) is 7.05 Å². The van der Waals surface area contributed by atoms with Crippen molar-refractivity contribution in [1.82, 2.24) is 4.57 Å². The number of sulfonamides is 1. The molecule has 1 aromatic heterocycles. The van der Waals surface area contributed by atoms with Gasteiger partial charge in [0.1, 0.15) is 17.3 Å². The SMILES string of the molecule is CCCS(=O)(=O)Nc1ccc(Oc2ccc(F)cc2F)c(-c2cn(C)c(=O)cc2OCC)c1. The van der Waals surface area contributed by atoms with Crippen LogP contribution in [-0.2, 0) is 17.1 Å². The quantitative estimate of drug-likeness (QED) is 0.483. The van der Waals surface area contributed by atoms with E-state index < -0.39 is 21.7 Å². The first-order valence-electron chi connectivity index (χ1n) is 10.2. The average Bonchev–Trinajstić information content (AvgIpc) is 2.73. The fraction of sp³-hybridized carbons (Fsp3) is 0.261. The summed E-state index contributed by atoms with van der Waals surface area (Å²) < 4.78 is 67.3. The molecule has 0 saturated heterocycles. The minimum atomic E-state index is -3.58. The van der Waals surface area contributed by atoms with Crippen molar-refractivity contribution in [2.75, 3.05) is 17.1 Å². The summed E-state index contributed by atoms with van der Waals surface area (Å²) in [4.78, 5) is 12.2. The highest BCUT2D eigenvalue weighted by molar-refractivity contribution is 7.92. The molecule has 0 unspecified atom stereocenters. The molecule has 0 bridgehead atoms. The van der Waals surface area contributed by atoms with Crippen molar-refractivity contribution in [3.05, 3.63) is 70.6 Å². The van der Waals surface area contributed by atoms with Crippen LogP contribution in [0.2, 0.25) is 0 Å². The molecule has 0 aliphatic rings. The smallest absolute Gasteiger partial charge is 0.254 e. The van der Waals surface area contributed by atoms with E-state index in [1.165, 1.54) is 35.0 Å². The number of aryl methyl sites for hydroxylation is 1. The maximum Gasteiger partial charge on any atom is 0.254 e. The third kappa shape index (κ3) is 5.89. The van der Waals surface area contributed by atoms with Crippen LogP contribution in [0, 0.1) is 11.6 Å². The Morgan fingerprint density at radius 3 is 2.36 bits per heavy atom. The summed E-state index contributed by atoms with van der Waals surface area (Å²) in [5.41, 5.74) is 0.707. The fourth-order valence-corrected chi connectivity index (χ4v) is 4.28. The molecular formula is C23H24F2N2O5S. The lowest BCUT2D eigenvalue weighted by atomic mass is 10.0. The molecule has 3 rings (SSSR count). The zero-order valence-corrected chi connectivity index (χ0v) is 19.2. The summed E-state index contributed by atoms with van der Waals surface area (Å²) in [5.74, 6) is -1.54. The predicted octanol–water partition coefficient (Wildman–Crippen LogP) is 4.67. The Bertz CT molecular complexity index is 1320. The van der Waals surface area contributed by atoms with Gasteiger partial charge in [-0.3, -0.25) is 9.52 Å². The van der Waals surface area contributed by atoms with Crippen molar-refractivity contribution in [1.29, 1.82) is 0 Å². The van der Waals surface area contributed by atoms with Crippen molar-refractivity contribution in [2.45, 2.75) is 20.3 Å². The van der Waals surface area contributed by atoms with E-state index in [1.54, 1.807) is 20.9 Å². The molecular weight excluding hydrogens is 454 g/mol. The maximum atomic E-state index is 14.2. The molecule has 3 aromatic rings. The molecule has 0 atom stereocenters. The van der Waals surface area contributed by atoms with Gasteiger partial charge in [-0.05, 0) is 43.7 Å². The second-order valence-corrected chi connectivity index (χ2v) is 9.08. The molecule has 33 heavy (non-hydrogen) atoms. The number of pyridine rings is 1. The van der Waals surface area contributed by atoms with Gasteiger partial charge in [-0.2, -0.15) is 0 Å². The highest BCUT2D eigenvalue weighted by Gasteiger charge is 2.18. The number of hydrogen-bond acceptors (Lipinski definition) is 5. The Hall–Kier alpha value is -3.40. The number of halogens is 2. The highest BCUT2D eigenvalue weighted by atomic mass is 32.2. The van der Waals surface area contributed by atoms with Gasteiger partial charge in [0.15, 0.2) is 11.6 Å². The first-order chi connectivity index (χ1) is 15.6. The standard InChI is InChI=1S/C23H24F2N2O5S/c1-4-10-33(29,30)26-16-7-9-20(32-21-8-6-15(24)11-19(21)25)17(12-16)18-14-27(3)23(28)13-22(18)31-5-2/h6-9,11-14,26H,4-5,10H2,1-3H3. The van der Waals surface area contributed by atoms with E-state index in [0.29, 0.717) is 23.6 Å². The molecule has 0 amide bonds. The second kappa shape index (κ2) is 10.0. The molecule has 0 saturated carbocycles. The molecule has 7 nitrogen and oxygen atoms in total. The lowest BCUT2D eigenvalue weighted by Crippen LogP contribution is -2.17. The van der Waals surface area contributed by atoms with Gasteiger partial charge in [0.05, 0.1) is 12.4 Å². The first-order valence-corrected chi connectivity index (χ1v) is 11.9. The van der Waals surface area contributed by atoms with Gasteiger partial charge in [0.2, 0.25) is 10.0 Å². The summed E-state index contributed by atoms with van der Waals surface area (Å²) >= 11 is 0. The Balaban J connectivity index is 2.18. The summed E-state index contributed by atoms with van der Waals surface area (Å²) in [6.45, 7) is 3.77. The molecule has 176 valence electrons. The summed E-state index contributed by atoms with van der Waals surface area (Å²) in [7, 11) is -2.03. The van der Waals surface area contributed by atoms with Crippen LogP contribution < -0.4 is 19.8 Å². The molecule has 1 N–H and O–H groups in total. The number of anilines is 1. The number of nitrogens with one attached hydrogen (secondary N) is 1. The molecule has 0 fully saturated rings. The van der Waals surface area contributed by atoms with E-state index in [0.717, 1.165) is 12.1 Å². The van der Waals surface area contributed by atoms with Gasteiger partial charge in [0, 0.05) is 42.2 Å². The third-order valence-electron chi connectivity index (χ3n) is 4.62.